The molecule has 7 nitrogen and oxygen atoms in total. The predicted octanol–water partition coefficient (Wildman–Crippen LogP) is 0.620. The summed E-state index contributed by atoms with van der Waals surface area (Å²) in [5.41, 5.74) is 0.307. The molecule has 0 aliphatic carbocycles. The largest absolute Gasteiger partial charge is 0.423 e. The van der Waals surface area contributed by atoms with Gasteiger partial charge in [-0.25, -0.2) is 9.18 Å². The fraction of sp³-hybridized carbons (Fsp3) is 0.438. The van der Waals surface area contributed by atoms with E-state index in [0.717, 1.165) is 0 Å². The second-order valence-corrected chi connectivity index (χ2v) is 5.40. The standard InChI is InChI=1S/C16H20FNO6/c1-9(20)14(7-17)24-16(22)12(8-19)18-11-4-2-10-3-5-15(21)23-13(10)6-11/h2-6,9,12,14,16,18-20,22H,7-8H2,1H3/t9-,12-,14?,16?/m0/s1. The molecule has 1 aromatic carbocycles. The second kappa shape index (κ2) is 8.20. The summed E-state index contributed by atoms with van der Waals surface area (Å²) in [7, 11) is 0. The van der Waals surface area contributed by atoms with Gasteiger partial charge in [0.05, 0.1) is 12.7 Å². The maximum absolute atomic E-state index is 12.8. The molecule has 0 saturated carbocycles. The molecule has 4 N–H and O–H groups in total. The molecule has 8 heteroatoms. The fourth-order valence-corrected chi connectivity index (χ4v) is 2.12. The zero-order valence-electron chi connectivity index (χ0n) is 13.1. The van der Waals surface area contributed by atoms with Crippen molar-refractivity contribution in [1.82, 2.24) is 0 Å². The van der Waals surface area contributed by atoms with Crippen LogP contribution in [0, 0.1) is 0 Å². The van der Waals surface area contributed by atoms with Crippen molar-refractivity contribution >= 4 is 16.7 Å². The van der Waals surface area contributed by atoms with E-state index in [1.165, 1.54) is 19.1 Å². The van der Waals surface area contributed by atoms with Gasteiger partial charge in [-0.1, -0.05) is 0 Å². The molecule has 0 spiro atoms. The van der Waals surface area contributed by atoms with Crippen LogP contribution < -0.4 is 10.9 Å². The third kappa shape index (κ3) is 4.51. The van der Waals surface area contributed by atoms with Gasteiger partial charge in [-0.3, -0.25) is 0 Å². The van der Waals surface area contributed by atoms with Crippen LogP contribution in [0.4, 0.5) is 10.1 Å². The lowest BCUT2D eigenvalue weighted by atomic mass is 10.2. The molecule has 2 rings (SSSR count). The van der Waals surface area contributed by atoms with Crippen LogP contribution in [0.15, 0.2) is 39.5 Å². The van der Waals surface area contributed by atoms with E-state index in [1.54, 1.807) is 18.2 Å². The molecule has 2 aromatic rings. The quantitative estimate of drug-likeness (QED) is 0.411. The maximum atomic E-state index is 12.8. The van der Waals surface area contributed by atoms with Crippen LogP contribution in [-0.2, 0) is 4.74 Å². The molecule has 1 heterocycles. The Morgan fingerprint density at radius 2 is 2.00 bits per heavy atom. The van der Waals surface area contributed by atoms with Gasteiger partial charge >= 0.3 is 5.63 Å². The second-order valence-electron chi connectivity index (χ2n) is 5.40. The minimum atomic E-state index is -1.55. The maximum Gasteiger partial charge on any atom is 0.336 e. The van der Waals surface area contributed by atoms with E-state index >= 15 is 0 Å². The van der Waals surface area contributed by atoms with Crippen LogP contribution in [0.25, 0.3) is 11.0 Å². The van der Waals surface area contributed by atoms with Crippen molar-refractivity contribution in [3.05, 3.63) is 40.8 Å². The van der Waals surface area contributed by atoms with Gasteiger partial charge < -0.3 is 29.8 Å². The van der Waals surface area contributed by atoms with E-state index in [0.29, 0.717) is 16.7 Å². The Balaban J connectivity index is 2.13. The average Bonchev–Trinajstić information content (AvgIpc) is 2.56. The lowest BCUT2D eigenvalue weighted by Crippen LogP contribution is -2.43. The van der Waals surface area contributed by atoms with Crippen molar-refractivity contribution in [2.24, 2.45) is 0 Å². The molecule has 2 unspecified atom stereocenters. The number of hydrogen-bond acceptors (Lipinski definition) is 7. The van der Waals surface area contributed by atoms with Crippen molar-refractivity contribution in [1.29, 1.82) is 0 Å². The molecular weight excluding hydrogens is 321 g/mol. The van der Waals surface area contributed by atoms with Gasteiger partial charge in [0, 0.05) is 23.2 Å². The highest BCUT2D eigenvalue weighted by Gasteiger charge is 2.25. The number of nitrogens with one attached hydrogen (secondary N) is 1. The Kier molecular flexibility index (Phi) is 6.27. The number of aliphatic hydroxyl groups excluding tert-OH is 3. The number of rotatable bonds is 8. The summed E-state index contributed by atoms with van der Waals surface area (Å²) >= 11 is 0. The normalized spacial score (nSPS) is 16.5. The van der Waals surface area contributed by atoms with Gasteiger partial charge in [-0.2, -0.15) is 0 Å². The number of alkyl halides is 1. The molecule has 0 aliphatic rings. The monoisotopic (exact) mass is 341 g/mol. The first-order valence-electron chi connectivity index (χ1n) is 7.43. The molecule has 132 valence electrons. The van der Waals surface area contributed by atoms with Gasteiger partial charge in [0.15, 0.2) is 6.29 Å². The number of benzene rings is 1. The predicted molar refractivity (Wildman–Crippen MR) is 85.5 cm³/mol. The Hall–Kier alpha value is -2.00. The van der Waals surface area contributed by atoms with Crippen molar-refractivity contribution in [2.45, 2.75) is 31.5 Å². The average molecular weight is 341 g/mol. The first kappa shape index (κ1) is 18.3. The van der Waals surface area contributed by atoms with Crippen molar-refractivity contribution in [3.63, 3.8) is 0 Å². The zero-order valence-corrected chi connectivity index (χ0v) is 13.1. The Morgan fingerprint density at radius 3 is 2.62 bits per heavy atom. The van der Waals surface area contributed by atoms with Gasteiger partial charge in [0.1, 0.15) is 24.4 Å². The molecule has 0 bridgehead atoms. The van der Waals surface area contributed by atoms with E-state index in [9.17, 15) is 24.5 Å². The number of fused-ring (bicyclic) bond motifs is 1. The minimum absolute atomic E-state index is 0.338. The van der Waals surface area contributed by atoms with Crippen molar-refractivity contribution in [3.8, 4) is 0 Å². The van der Waals surface area contributed by atoms with Crippen LogP contribution in [0.5, 0.6) is 0 Å². The summed E-state index contributed by atoms with van der Waals surface area (Å²) in [5, 5.41) is 32.3. The molecule has 0 radical (unpaired) electrons. The van der Waals surface area contributed by atoms with Crippen LogP contribution in [0.1, 0.15) is 6.92 Å². The Bertz CT molecular complexity index is 719. The summed E-state index contributed by atoms with van der Waals surface area (Å²) < 4.78 is 22.8. The molecule has 0 amide bonds. The fourth-order valence-electron chi connectivity index (χ4n) is 2.12. The third-order valence-corrected chi connectivity index (χ3v) is 3.52. The summed E-state index contributed by atoms with van der Waals surface area (Å²) in [6, 6.07) is 6.85. The molecule has 4 atom stereocenters. The van der Waals surface area contributed by atoms with Gasteiger partial charge in [-0.15, -0.1) is 0 Å². The van der Waals surface area contributed by atoms with Gasteiger partial charge in [0.2, 0.25) is 0 Å². The van der Waals surface area contributed by atoms with Crippen LogP contribution in [0.2, 0.25) is 0 Å². The zero-order chi connectivity index (χ0) is 17.7. The summed E-state index contributed by atoms with van der Waals surface area (Å²) in [4.78, 5) is 11.3. The molecule has 1 aromatic heterocycles. The van der Waals surface area contributed by atoms with E-state index in [4.69, 9.17) is 9.15 Å². The molecule has 24 heavy (non-hydrogen) atoms. The summed E-state index contributed by atoms with van der Waals surface area (Å²) in [5.74, 6) is 0. The smallest absolute Gasteiger partial charge is 0.336 e. The lowest BCUT2D eigenvalue weighted by molar-refractivity contribution is -0.176. The molecule has 0 fully saturated rings. The number of halogens is 1. The number of aliphatic hydroxyl groups is 3. The Morgan fingerprint density at radius 1 is 1.29 bits per heavy atom. The molecular formula is C16H20FNO6. The van der Waals surface area contributed by atoms with Crippen molar-refractivity contribution in [2.75, 3.05) is 18.6 Å². The van der Waals surface area contributed by atoms with E-state index in [2.05, 4.69) is 5.32 Å². The van der Waals surface area contributed by atoms with Gasteiger partial charge in [0.25, 0.3) is 0 Å². The lowest BCUT2D eigenvalue weighted by Gasteiger charge is -2.27. The first-order valence-corrected chi connectivity index (χ1v) is 7.43. The third-order valence-electron chi connectivity index (χ3n) is 3.52. The minimum Gasteiger partial charge on any atom is -0.423 e. The SMILES string of the molecule is C[C@H](O)C(CF)OC(O)[C@H](CO)Nc1ccc2ccc(=O)oc2c1. The summed E-state index contributed by atoms with van der Waals surface area (Å²) in [6.07, 6.45) is -3.87. The van der Waals surface area contributed by atoms with Crippen LogP contribution in [0.3, 0.4) is 0 Å². The van der Waals surface area contributed by atoms with E-state index in [1.807, 2.05) is 0 Å². The van der Waals surface area contributed by atoms with Crippen LogP contribution >= 0.6 is 0 Å². The molecule has 0 aliphatic heterocycles. The number of hydrogen-bond donors (Lipinski definition) is 4. The number of anilines is 1. The van der Waals surface area contributed by atoms with Gasteiger partial charge in [-0.05, 0) is 25.1 Å². The number of ether oxygens (including phenoxy) is 1. The highest BCUT2D eigenvalue weighted by Crippen LogP contribution is 2.19. The van der Waals surface area contributed by atoms with E-state index < -0.39 is 43.4 Å². The van der Waals surface area contributed by atoms with E-state index in [-0.39, 0.29) is 0 Å². The topological polar surface area (TPSA) is 112 Å². The first-order chi connectivity index (χ1) is 11.4. The highest BCUT2D eigenvalue weighted by molar-refractivity contribution is 5.80. The highest BCUT2D eigenvalue weighted by atomic mass is 19.1. The summed E-state index contributed by atoms with van der Waals surface area (Å²) in [6.45, 7) is -0.144. The van der Waals surface area contributed by atoms with Crippen molar-refractivity contribution < 1.29 is 28.9 Å². The Labute approximate surface area is 137 Å². The molecule has 0 saturated heterocycles. The van der Waals surface area contributed by atoms with Crippen LogP contribution in [-0.4, -0.2) is 53.1 Å².